The first-order valence-corrected chi connectivity index (χ1v) is 16.5. The Labute approximate surface area is 286 Å². The summed E-state index contributed by atoms with van der Waals surface area (Å²) >= 11 is 0. The Balaban J connectivity index is 2.08. The lowest BCUT2D eigenvalue weighted by Gasteiger charge is -2.23. The van der Waals surface area contributed by atoms with Crippen molar-refractivity contribution in [3.05, 3.63) is 35.4 Å². The van der Waals surface area contributed by atoms with Crippen LogP contribution in [0.15, 0.2) is 12.7 Å². The third kappa shape index (κ3) is 13.1. The van der Waals surface area contributed by atoms with Gasteiger partial charge in [-0.3, -0.25) is 24.0 Å². The topological polar surface area (TPSA) is 266 Å². The van der Waals surface area contributed by atoms with Gasteiger partial charge in [0.05, 0.1) is 25.2 Å². The molecule has 0 aliphatic carbocycles. The summed E-state index contributed by atoms with van der Waals surface area (Å²) in [7, 11) is 0. The molecule has 0 spiro atoms. The summed E-state index contributed by atoms with van der Waals surface area (Å²) < 4.78 is 0. The molecule has 17 heteroatoms. The van der Waals surface area contributed by atoms with Gasteiger partial charge in [0.2, 0.25) is 0 Å². The van der Waals surface area contributed by atoms with Crippen molar-refractivity contribution in [3.63, 3.8) is 0 Å². The van der Waals surface area contributed by atoms with Gasteiger partial charge < -0.3 is 47.4 Å². The van der Waals surface area contributed by atoms with E-state index < -0.39 is 47.7 Å². The normalized spacial score (nSPS) is 13.9. The highest BCUT2D eigenvalue weighted by molar-refractivity contribution is 6.06. The highest BCUT2D eigenvalue weighted by Gasteiger charge is 2.29. The first-order valence-electron chi connectivity index (χ1n) is 16.5. The number of carbonyl (C=O) groups excluding carboxylic acids is 5. The van der Waals surface area contributed by atoms with E-state index in [0.29, 0.717) is 12.8 Å². The molecule has 0 fully saturated rings. The monoisotopic (exact) mass is 688 g/mol. The van der Waals surface area contributed by atoms with Crippen LogP contribution in [0, 0.1) is 17.8 Å². The van der Waals surface area contributed by atoms with Gasteiger partial charge in [-0.15, -0.1) is 0 Å². The number of rotatable bonds is 21. The van der Waals surface area contributed by atoms with Crippen LogP contribution in [0.5, 0.6) is 0 Å². The summed E-state index contributed by atoms with van der Waals surface area (Å²) in [6.45, 7) is 13.4. The first kappa shape index (κ1) is 40.5. The van der Waals surface area contributed by atoms with E-state index in [2.05, 4.69) is 46.5 Å². The Morgan fingerprint density at radius 3 is 1.63 bits per heavy atom. The predicted octanol–water partition coefficient (Wildman–Crippen LogP) is 0.587. The minimum absolute atomic E-state index is 0.00647. The molecular formula is C32H52N10O7. The van der Waals surface area contributed by atoms with Crippen molar-refractivity contribution in [2.24, 2.45) is 23.5 Å². The van der Waals surface area contributed by atoms with E-state index >= 15 is 0 Å². The number of imidazole rings is 2. The molecule has 0 aliphatic rings. The lowest BCUT2D eigenvalue weighted by Crippen LogP contribution is -2.49. The van der Waals surface area contributed by atoms with E-state index in [1.54, 1.807) is 6.92 Å². The summed E-state index contributed by atoms with van der Waals surface area (Å²) in [5, 5.41) is 23.3. The van der Waals surface area contributed by atoms with Crippen LogP contribution in [0.25, 0.3) is 0 Å². The van der Waals surface area contributed by atoms with E-state index in [4.69, 9.17) is 5.73 Å². The molecule has 49 heavy (non-hydrogen) atoms. The molecule has 0 radical (unpaired) electrons. The molecule has 2 aromatic heterocycles. The molecule has 4 amide bonds. The zero-order chi connectivity index (χ0) is 36.8. The molecule has 17 nitrogen and oxygen atoms in total. The van der Waals surface area contributed by atoms with Crippen LogP contribution in [-0.2, 0) is 9.59 Å². The summed E-state index contributed by atoms with van der Waals surface area (Å²) in [6, 6.07) is -2.83. The largest absolute Gasteiger partial charge is 0.480 e. The number of nitrogens with one attached hydrogen (secondary N) is 7. The average Bonchev–Trinajstić information content (AvgIpc) is 3.70. The highest BCUT2D eigenvalue weighted by atomic mass is 16.4. The van der Waals surface area contributed by atoms with Crippen LogP contribution < -0.4 is 32.3 Å². The molecule has 2 aromatic rings. The van der Waals surface area contributed by atoms with Crippen molar-refractivity contribution in [2.75, 3.05) is 19.6 Å². The van der Waals surface area contributed by atoms with E-state index in [-0.39, 0.29) is 78.4 Å². The van der Waals surface area contributed by atoms with E-state index in [0.717, 1.165) is 0 Å². The number of H-pyrrole nitrogens is 2. The van der Waals surface area contributed by atoms with Crippen molar-refractivity contribution in [2.45, 2.75) is 91.9 Å². The average molecular weight is 689 g/mol. The number of aliphatic carboxylic acids is 1. The number of carboxylic acids is 1. The Morgan fingerprint density at radius 2 is 1.16 bits per heavy atom. The molecule has 0 saturated heterocycles. The summed E-state index contributed by atoms with van der Waals surface area (Å²) in [5.74, 6) is -3.94. The minimum Gasteiger partial charge on any atom is -0.480 e. The number of amides is 4. The smallest absolute Gasteiger partial charge is 0.326 e. The van der Waals surface area contributed by atoms with E-state index in [1.807, 2.05) is 41.5 Å². The van der Waals surface area contributed by atoms with Crippen molar-refractivity contribution >= 4 is 35.4 Å². The number of hydrogen-bond donors (Lipinski definition) is 9. The van der Waals surface area contributed by atoms with Gasteiger partial charge in [-0.25, -0.2) is 14.8 Å². The first-order chi connectivity index (χ1) is 23.0. The number of Topliss-reactive ketones (excluding diaryl/α,β-unsaturated/α-hetero) is 1. The van der Waals surface area contributed by atoms with Crippen molar-refractivity contribution in [1.29, 1.82) is 0 Å². The standard InChI is InChI=1S/C32H52N10O7/c1-16(2)8-20(40-29(45)25-27(38-15-36-25)31(47)42-22(32(48)49)10-18(5)6)12-34-13-23(43)21(9-17(3)4)41-30(46)26-24(35-14-37-26)28(44)39-19(7)11-33/h14-22,34H,8-13,33H2,1-7H3,(H,35,37)(H,36,38)(H,39,44)(H,40,45)(H,41,46)(H,42,47)(H,48,49)/t19-,20-,21-,22-/m0/s1. The molecule has 10 N–H and O–H groups in total. The van der Waals surface area contributed by atoms with Crippen molar-refractivity contribution in [3.8, 4) is 0 Å². The maximum Gasteiger partial charge on any atom is 0.326 e. The van der Waals surface area contributed by atoms with Crippen LogP contribution in [0.1, 0.15) is 110 Å². The fourth-order valence-electron chi connectivity index (χ4n) is 5.03. The van der Waals surface area contributed by atoms with Crippen LogP contribution in [-0.4, -0.2) is 104 Å². The van der Waals surface area contributed by atoms with Gasteiger partial charge in [0.25, 0.3) is 23.6 Å². The number of carboxylic acid groups (broad SMARTS) is 1. The summed E-state index contributed by atoms with van der Waals surface area (Å²) in [5.41, 5.74) is 5.01. The molecule has 0 unspecified atom stereocenters. The Kier molecular flexibility index (Phi) is 16.0. The number of nitrogens with zero attached hydrogens (tertiary/aromatic N) is 2. The van der Waals surface area contributed by atoms with Gasteiger partial charge in [0, 0.05) is 25.2 Å². The molecule has 2 rings (SSSR count). The molecule has 272 valence electrons. The third-order valence-electron chi connectivity index (χ3n) is 7.39. The minimum atomic E-state index is -1.19. The van der Waals surface area contributed by atoms with Gasteiger partial charge in [0.15, 0.2) is 17.2 Å². The maximum atomic E-state index is 13.3. The number of carbonyl (C=O) groups is 6. The molecule has 4 atom stereocenters. The number of aromatic nitrogens is 4. The molecule has 0 aliphatic heterocycles. The van der Waals surface area contributed by atoms with Gasteiger partial charge in [0.1, 0.15) is 17.4 Å². The SMILES string of the molecule is CC(C)C[C@@H](CNCC(=O)[C@H](CC(C)C)NC(=O)c1[nH]cnc1C(=O)N[C@@H](C)CN)NC(=O)c1nc[nH]c1C(=O)N[C@@H](CC(C)C)C(=O)O. The van der Waals surface area contributed by atoms with E-state index in [1.165, 1.54) is 12.7 Å². The summed E-state index contributed by atoms with van der Waals surface area (Å²) in [6.07, 6.45) is 3.46. The van der Waals surface area contributed by atoms with Gasteiger partial charge in [-0.2, -0.15) is 0 Å². The number of hydrogen-bond acceptors (Lipinski definition) is 10. The fourth-order valence-corrected chi connectivity index (χ4v) is 5.03. The molecule has 2 heterocycles. The molecule has 0 aromatic carbocycles. The van der Waals surface area contributed by atoms with Crippen molar-refractivity contribution in [1.82, 2.24) is 46.5 Å². The highest BCUT2D eigenvalue weighted by Crippen LogP contribution is 2.12. The lowest BCUT2D eigenvalue weighted by molar-refractivity contribution is -0.139. The second kappa shape index (κ2) is 19.4. The Bertz CT molecular complexity index is 1430. The third-order valence-corrected chi connectivity index (χ3v) is 7.39. The second-order valence-corrected chi connectivity index (χ2v) is 13.4. The van der Waals surface area contributed by atoms with Gasteiger partial charge >= 0.3 is 5.97 Å². The fraction of sp³-hybridized carbons (Fsp3) is 0.625. The lowest BCUT2D eigenvalue weighted by atomic mass is 9.99. The number of aromatic amines is 2. The Hall–Kier alpha value is -4.64. The zero-order valence-corrected chi connectivity index (χ0v) is 29.3. The summed E-state index contributed by atoms with van der Waals surface area (Å²) in [4.78, 5) is 90.2. The van der Waals surface area contributed by atoms with Gasteiger partial charge in [-0.05, 0) is 43.9 Å². The van der Waals surface area contributed by atoms with Crippen LogP contribution in [0.2, 0.25) is 0 Å². The number of ketones is 1. The predicted molar refractivity (Wildman–Crippen MR) is 181 cm³/mol. The van der Waals surface area contributed by atoms with Crippen molar-refractivity contribution < 1.29 is 33.9 Å². The number of nitrogens with two attached hydrogens (primary N) is 1. The molecular weight excluding hydrogens is 636 g/mol. The van der Waals surface area contributed by atoms with Crippen LogP contribution >= 0.6 is 0 Å². The zero-order valence-electron chi connectivity index (χ0n) is 29.3. The second-order valence-electron chi connectivity index (χ2n) is 13.4. The van der Waals surface area contributed by atoms with Crippen LogP contribution in [0.3, 0.4) is 0 Å². The quantitative estimate of drug-likeness (QED) is 0.0876. The Morgan fingerprint density at radius 1 is 0.694 bits per heavy atom. The molecule has 0 saturated carbocycles. The maximum absolute atomic E-state index is 13.3. The van der Waals surface area contributed by atoms with Crippen LogP contribution in [0.4, 0.5) is 0 Å². The van der Waals surface area contributed by atoms with E-state index in [9.17, 15) is 33.9 Å². The van der Waals surface area contributed by atoms with Gasteiger partial charge in [-0.1, -0.05) is 41.5 Å². The molecule has 0 bridgehead atoms.